The number of Topliss-reactive ketones (excluding diaryl/α,β-unsaturated/α-hetero) is 1. The van der Waals surface area contributed by atoms with E-state index in [9.17, 15) is 9.59 Å². The molecule has 1 atom stereocenters. The van der Waals surface area contributed by atoms with E-state index in [4.69, 9.17) is 0 Å². The van der Waals surface area contributed by atoms with Gasteiger partial charge in [0.2, 0.25) is 5.91 Å². The first-order chi connectivity index (χ1) is 12.1. The van der Waals surface area contributed by atoms with E-state index < -0.39 is 0 Å². The summed E-state index contributed by atoms with van der Waals surface area (Å²) in [5.74, 6) is -0.0291. The highest BCUT2D eigenvalue weighted by Gasteiger charge is 2.15. The molecular weight excluding hydrogens is 310 g/mol. The molecule has 0 unspecified atom stereocenters. The molecular formula is C22H25NO2. The molecule has 1 aliphatic rings. The van der Waals surface area contributed by atoms with Crippen LogP contribution in [0, 0.1) is 0 Å². The molecule has 3 heteroatoms. The average Bonchev–Trinajstić information content (AvgIpc) is 2.66. The van der Waals surface area contributed by atoms with Gasteiger partial charge >= 0.3 is 0 Å². The second-order valence-electron chi connectivity index (χ2n) is 6.81. The van der Waals surface area contributed by atoms with Crippen molar-refractivity contribution >= 4 is 11.7 Å². The first-order valence-corrected chi connectivity index (χ1v) is 9.13. The number of fused-ring (bicyclic) bond motifs is 1. The minimum atomic E-state index is -0.0809. The van der Waals surface area contributed by atoms with Gasteiger partial charge in [-0.25, -0.2) is 0 Å². The van der Waals surface area contributed by atoms with Crippen LogP contribution in [0.5, 0.6) is 0 Å². The Balaban J connectivity index is 1.52. The van der Waals surface area contributed by atoms with Gasteiger partial charge in [0.15, 0.2) is 5.78 Å². The van der Waals surface area contributed by atoms with E-state index in [0.29, 0.717) is 0 Å². The van der Waals surface area contributed by atoms with Gasteiger partial charge in [0.25, 0.3) is 0 Å². The fraction of sp³-hybridized carbons (Fsp3) is 0.364. The Labute approximate surface area is 149 Å². The number of aryl methyl sites for hydroxylation is 2. The molecule has 0 aromatic heterocycles. The maximum atomic E-state index is 12.4. The molecule has 1 amide bonds. The minimum Gasteiger partial charge on any atom is -0.350 e. The highest BCUT2D eigenvalue weighted by Crippen LogP contribution is 2.23. The Morgan fingerprint density at radius 1 is 0.960 bits per heavy atom. The zero-order chi connectivity index (χ0) is 17.6. The van der Waals surface area contributed by atoms with E-state index in [1.54, 1.807) is 0 Å². The quantitative estimate of drug-likeness (QED) is 0.795. The van der Waals surface area contributed by atoms with Crippen LogP contribution >= 0.6 is 0 Å². The summed E-state index contributed by atoms with van der Waals surface area (Å²) in [4.78, 5) is 24.5. The lowest BCUT2D eigenvalue weighted by Crippen LogP contribution is -2.26. The Morgan fingerprint density at radius 2 is 1.68 bits per heavy atom. The molecule has 130 valence electrons. The molecule has 0 saturated heterocycles. The van der Waals surface area contributed by atoms with Crippen LogP contribution in [-0.2, 0) is 17.6 Å². The zero-order valence-corrected chi connectivity index (χ0v) is 14.8. The standard InChI is InChI=1S/C22H25NO2/c1-16(17-7-3-2-4-8-17)23-22(25)14-13-21(24)20-12-11-18-9-5-6-10-19(18)15-20/h2-4,7-8,11-12,15-16H,5-6,9-10,13-14H2,1H3,(H,23,25)/t16-/m1/s1. The van der Waals surface area contributed by atoms with Crippen molar-refractivity contribution in [2.75, 3.05) is 0 Å². The van der Waals surface area contributed by atoms with Gasteiger partial charge in [-0.3, -0.25) is 9.59 Å². The number of benzene rings is 2. The van der Waals surface area contributed by atoms with Crippen LogP contribution in [0.25, 0.3) is 0 Å². The largest absolute Gasteiger partial charge is 0.350 e. The normalized spacial score (nSPS) is 14.4. The third-order valence-electron chi connectivity index (χ3n) is 4.93. The van der Waals surface area contributed by atoms with Crippen molar-refractivity contribution in [1.29, 1.82) is 0 Å². The fourth-order valence-electron chi connectivity index (χ4n) is 3.42. The lowest BCUT2D eigenvalue weighted by atomic mass is 9.89. The summed E-state index contributed by atoms with van der Waals surface area (Å²) in [5, 5.41) is 2.96. The average molecular weight is 335 g/mol. The predicted octanol–water partition coefficient (Wildman–Crippen LogP) is 4.41. The van der Waals surface area contributed by atoms with Gasteiger partial charge in [0, 0.05) is 18.4 Å². The summed E-state index contributed by atoms with van der Waals surface area (Å²) in [7, 11) is 0. The van der Waals surface area contributed by atoms with Gasteiger partial charge in [0.1, 0.15) is 0 Å². The summed E-state index contributed by atoms with van der Waals surface area (Å²) < 4.78 is 0. The van der Waals surface area contributed by atoms with Gasteiger partial charge < -0.3 is 5.32 Å². The summed E-state index contributed by atoms with van der Waals surface area (Å²) >= 11 is 0. The van der Waals surface area contributed by atoms with E-state index in [1.807, 2.05) is 49.4 Å². The van der Waals surface area contributed by atoms with Crippen molar-refractivity contribution in [3.8, 4) is 0 Å². The third-order valence-corrected chi connectivity index (χ3v) is 4.93. The van der Waals surface area contributed by atoms with Crippen molar-refractivity contribution in [1.82, 2.24) is 5.32 Å². The highest BCUT2D eigenvalue weighted by molar-refractivity contribution is 5.98. The Bertz CT molecular complexity index is 752. The van der Waals surface area contributed by atoms with Gasteiger partial charge in [-0.1, -0.05) is 42.5 Å². The molecule has 0 fully saturated rings. The van der Waals surface area contributed by atoms with Crippen molar-refractivity contribution < 1.29 is 9.59 Å². The van der Waals surface area contributed by atoms with Crippen LogP contribution in [-0.4, -0.2) is 11.7 Å². The summed E-state index contributed by atoms with van der Waals surface area (Å²) in [6.07, 6.45) is 5.10. The van der Waals surface area contributed by atoms with Crippen molar-refractivity contribution in [2.45, 2.75) is 51.5 Å². The van der Waals surface area contributed by atoms with Crippen molar-refractivity contribution in [2.24, 2.45) is 0 Å². The summed E-state index contributed by atoms with van der Waals surface area (Å²) in [6.45, 7) is 1.96. The van der Waals surface area contributed by atoms with Gasteiger partial charge in [0.05, 0.1) is 6.04 Å². The van der Waals surface area contributed by atoms with Crippen LogP contribution < -0.4 is 5.32 Å². The number of rotatable bonds is 6. The molecule has 1 N–H and O–H groups in total. The number of hydrogen-bond acceptors (Lipinski definition) is 2. The molecule has 0 radical (unpaired) electrons. The lowest BCUT2D eigenvalue weighted by Gasteiger charge is -2.16. The molecule has 0 aliphatic heterocycles. The molecule has 0 bridgehead atoms. The van der Waals surface area contributed by atoms with Gasteiger partial charge in [-0.2, -0.15) is 0 Å². The van der Waals surface area contributed by atoms with E-state index >= 15 is 0 Å². The molecule has 0 saturated carbocycles. The molecule has 2 aromatic rings. The maximum Gasteiger partial charge on any atom is 0.220 e. The highest BCUT2D eigenvalue weighted by atomic mass is 16.2. The smallest absolute Gasteiger partial charge is 0.220 e. The molecule has 3 nitrogen and oxygen atoms in total. The van der Waals surface area contributed by atoms with Crippen molar-refractivity contribution in [3.05, 3.63) is 70.8 Å². The molecule has 1 aliphatic carbocycles. The number of nitrogens with one attached hydrogen (secondary N) is 1. The Morgan fingerprint density at radius 3 is 2.44 bits per heavy atom. The molecule has 3 rings (SSSR count). The first-order valence-electron chi connectivity index (χ1n) is 9.13. The minimum absolute atomic E-state index is 0.0486. The third kappa shape index (κ3) is 4.56. The van der Waals surface area contributed by atoms with Gasteiger partial charge in [-0.15, -0.1) is 0 Å². The Kier molecular flexibility index (Phi) is 5.64. The van der Waals surface area contributed by atoms with E-state index in [-0.39, 0.29) is 30.6 Å². The summed E-state index contributed by atoms with van der Waals surface area (Å²) in [5.41, 5.74) is 4.48. The fourth-order valence-corrected chi connectivity index (χ4v) is 3.42. The van der Waals surface area contributed by atoms with Crippen LogP contribution in [0.1, 0.15) is 65.7 Å². The van der Waals surface area contributed by atoms with Crippen LogP contribution in [0.2, 0.25) is 0 Å². The van der Waals surface area contributed by atoms with E-state index in [0.717, 1.165) is 24.0 Å². The van der Waals surface area contributed by atoms with Crippen LogP contribution in [0.3, 0.4) is 0 Å². The second-order valence-corrected chi connectivity index (χ2v) is 6.81. The lowest BCUT2D eigenvalue weighted by molar-refractivity contribution is -0.121. The number of hydrogen-bond donors (Lipinski definition) is 1. The number of carbonyl (C=O) groups excluding carboxylic acids is 2. The predicted molar refractivity (Wildman–Crippen MR) is 99.6 cm³/mol. The van der Waals surface area contributed by atoms with Crippen molar-refractivity contribution in [3.63, 3.8) is 0 Å². The SMILES string of the molecule is C[C@@H](NC(=O)CCC(=O)c1ccc2c(c1)CCCC2)c1ccccc1. The van der Waals surface area contributed by atoms with E-state index in [1.165, 1.54) is 24.0 Å². The first kappa shape index (κ1) is 17.4. The van der Waals surface area contributed by atoms with E-state index in [2.05, 4.69) is 11.4 Å². The monoisotopic (exact) mass is 335 g/mol. The van der Waals surface area contributed by atoms with Crippen LogP contribution in [0.4, 0.5) is 0 Å². The molecule has 0 spiro atoms. The molecule has 25 heavy (non-hydrogen) atoms. The number of carbonyl (C=O) groups is 2. The maximum absolute atomic E-state index is 12.4. The summed E-state index contributed by atoms with van der Waals surface area (Å²) in [6, 6.07) is 15.8. The number of ketones is 1. The Hall–Kier alpha value is -2.42. The second kappa shape index (κ2) is 8.11. The topological polar surface area (TPSA) is 46.2 Å². The van der Waals surface area contributed by atoms with Crippen LogP contribution in [0.15, 0.2) is 48.5 Å². The number of amides is 1. The van der Waals surface area contributed by atoms with Gasteiger partial charge in [-0.05, 0) is 55.4 Å². The molecule has 2 aromatic carbocycles. The molecule has 0 heterocycles. The zero-order valence-electron chi connectivity index (χ0n) is 14.8.